The largest absolute Gasteiger partial charge is 0.477 e. The maximum atomic E-state index is 12.5. The van der Waals surface area contributed by atoms with E-state index in [9.17, 15) is 14.7 Å². The van der Waals surface area contributed by atoms with E-state index in [4.69, 9.17) is 4.98 Å². The minimum absolute atomic E-state index is 0.226. The molecule has 3 aromatic heterocycles. The van der Waals surface area contributed by atoms with Crippen molar-refractivity contribution in [2.75, 3.05) is 36.0 Å². The second-order valence-electron chi connectivity index (χ2n) is 6.88. The number of carboxylic acids is 1. The summed E-state index contributed by atoms with van der Waals surface area (Å²) in [4.78, 5) is 37.6. The first-order valence-electron chi connectivity index (χ1n) is 9.10. The van der Waals surface area contributed by atoms with Crippen molar-refractivity contribution in [3.8, 4) is 0 Å². The highest BCUT2D eigenvalue weighted by atomic mass is 32.1. The lowest BCUT2D eigenvalue weighted by molar-refractivity contribution is 0.0695. The van der Waals surface area contributed by atoms with E-state index in [1.807, 2.05) is 18.2 Å². The van der Waals surface area contributed by atoms with Gasteiger partial charge >= 0.3 is 5.97 Å². The fourth-order valence-electron chi connectivity index (χ4n) is 3.50. The Morgan fingerprint density at radius 1 is 1.03 bits per heavy atom. The van der Waals surface area contributed by atoms with Gasteiger partial charge in [0.05, 0.1) is 10.2 Å². The van der Waals surface area contributed by atoms with Crippen LogP contribution < -0.4 is 15.2 Å². The molecule has 0 unspecified atom stereocenters. The van der Waals surface area contributed by atoms with Crippen LogP contribution in [0.15, 0.2) is 35.3 Å². The number of anilines is 2. The molecule has 0 radical (unpaired) electrons. The van der Waals surface area contributed by atoms with Gasteiger partial charge in [-0.05, 0) is 12.1 Å². The van der Waals surface area contributed by atoms with E-state index in [0.717, 1.165) is 42.0 Å². The number of rotatable bonds is 3. The molecule has 4 heterocycles. The number of benzene rings is 1. The average Bonchev–Trinajstić information content (AvgIpc) is 3.35. The average molecular weight is 428 g/mol. The van der Waals surface area contributed by atoms with E-state index < -0.39 is 11.4 Å². The van der Waals surface area contributed by atoms with Crippen LogP contribution in [-0.4, -0.2) is 51.8 Å². The molecule has 0 spiro atoms. The lowest BCUT2D eigenvalue weighted by Crippen LogP contribution is -2.46. The fourth-order valence-corrected chi connectivity index (χ4v) is 5.62. The molecule has 10 heteroatoms. The van der Waals surface area contributed by atoms with Gasteiger partial charge < -0.3 is 19.5 Å². The lowest BCUT2D eigenvalue weighted by Gasteiger charge is -2.34. The van der Waals surface area contributed by atoms with Crippen molar-refractivity contribution in [1.82, 2.24) is 14.5 Å². The quantitative estimate of drug-likeness (QED) is 0.537. The molecule has 29 heavy (non-hydrogen) atoms. The van der Waals surface area contributed by atoms with Crippen LogP contribution in [-0.2, 0) is 7.05 Å². The molecule has 1 saturated heterocycles. The van der Waals surface area contributed by atoms with Crippen molar-refractivity contribution >= 4 is 59.5 Å². The zero-order valence-corrected chi connectivity index (χ0v) is 17.2. The summed E-state index contributed by atoms with van der Waals surface area (Å²) in [6, 6.07) is 8.13. The molecule has 8 nitrogen and oxygen atoms in total. The molecule has 0 bridgehead atoms. The number of fused-ring (bicyclic) bond motifs is 2. The highest BCUT2D eigenvalue weighted by molar-refractivity contribution is 7.22. The number of aromatic nitrogens is 3. The first kappa shape index (κ1) is 18.1. The number of aryl methyl sites for hydroxylation is 1. The maximum absolute atomic E-state index is 12.5. The van der Waals surface area contributed by atoms with Crippen molar-refractivity contribution in [2.24, 2.45) is 7.05 Å². The molecule has 0 aliphatic carbocycles. The molecule has 1 N–H and O–H groups in total. The van der Waals surface area contributed by atoms with Crippen LogP contribution in [0, 0.1) is 0 Å². The first-order chi connectivity index (χ1) is 14.0. The summed E-state index contributed by atoms with van der Waals surface area (Å²) in [7, 11) is 1.71. The number of carbonyl (C=O) groups is 1. The van der Waals surface area contributed by atoms with Crippen LogP contribution in [0.5, 0.6) is 0 Å². The summed E-state index contributed by atoms with van der Waals surface area (Å²) in [5.41, 5.74) is 0.845. The van der Waals surface area contributed by atoms with Crippen LogP contribution in [0.25, 0.3) is 20.6 Å². The van der Waals surface area contributed by atoms with E-state index in [2.05, 4.69) is 20.9 Å². The Morgan fingerprint density at radius 2 is 1.69 bits per heavy atom. The third-order valence-corrected chi connectivity index (χ3v) is 7.24. The standard InChI is InChI=1S/C19H17N5O3S2/c1-22-10-11(17(26)27)14(25)15-16(22)21-19(29-15)24-8-6-23(7-9-24)18-20-12-4-2-3-5-13(12)28-18/h2-5,10H,6-9H2,1H3,(H,26,27). The van der Waals surface area contributed by atoms with E-state index in [1.54, 1.807) is 23.0 Å². The minimum Gasteiger partial charge on any atom is -0.477 e. The molecule has 0 amide bonds. The molecule has 1 aromatic carbocycles. The topological polar surface area (TPSA) is 91.6 Å². The van der Waals surface area contributed by atoms with Gasteiger partial charge in [0.25, 0.3) is 0 Å². The summed E-state index contributed by atoms with van der Waals surface area (Å²) in [5, 5.41) is 11.0. The van der Waals surface area contributed by atoms with Crippen molar-refractivity contribution in [3.63, 3.8) is 0 Å². The Balaban J connectivity index is 1.40. The predicted molar refractivity (Wildman–Crippen MR) is 116 cm³/mol. The predicted octanol–water partition coefficient (Wildman–Crippen LogP) is 2.63. The Kier molecular flexibility index (Phi) is 4.25. The summed E-state index contributed by atoms with van der Waals surface area (Å²) in [6.45, 7) is 3.15. The van der Waals surface area contributed by atoms with Crippen molar-refractivity contribution in [3.05, 3.63) is 46.2 Å². The Morgan fingerprint density at radius 3 is 2.34 bits per heavy atom. The van der Waals surface area contributed by atoms with Gasteiger partial charge in [0.2, 0.25) is 5.43 Å². The Labute approximate surface area is 173 Å². The molecule has 4 aromatic rings. The maximum Gasteiger partial charge on any atom is 0.341 e. The number of carboxylic acid groups (broad SMARTS) is 1. The number of thiazole rings is 2. The second-order valence-corrected chi connectivity index (χ2v) is 8.86. The van der Waals surface area contributed by atoms with Gasteiger partial charge in [0.1, 0.15) is 10.3 Å². The number of hydrogen-bond donors (Lipinski definition) is 1. The van der Waals surface area contributed by atoms with Gasteiger partial charge in [-0.1, -0.05) is 34.8 Å². The summed E-state index contributed by atoms with van der Waals surface area (Å²) >= 11 is 2.96. The third kappa shape index (κ3) is 3.04. The SMILES string of the molecule is Cn1cc(C(=O)O)c(=O)c2sc(N3CCN(c4nc5ccccc5s4)CC3)nc21. The Bertz CT molecular complexity index is 1270. The molecule has 148 valence electrons. The number of piperazine rings is 1. The highest BCUT2D eigenvalue weighted by Gasteiger charge is 2.24. The molecule has 0 saturated carbocycles. The van der Waals surface area contributed by atoms with E-state index in [-0.39, 0.29) is 5.56 Å². The van der Waals surface area contributed by atoms with E-state index >= 15 is 0 Å². The number of aromatic carboxylic acids is 1. The van der Waals surface area contributed by atoms with Crippen LogP contribution in [0.1, 0.15) is 10.4 Å². The number of nitrogens with zero attached hydrogens (tertiary/aromatic N) is 5. The highest BCUT2D eigenvalue weighted by Crippen LogP contribution is 2.31. The zero-order chi connectivity index (χ0) is 20.1. The zero-order valence-electron chi connectivity index (χ0n) is 15.5. The minimum atomic E-state index is -1.22. The van der Waals surface area contributed by atoms with Crippen LogP contribution >= 0.6 is 22.7 Å². The first-order valence-corrected chi connectivity index (χ1v) is 10.7. The molecule has 5 rings (SSSR count). The van der Waals surface area contributed by atoms with Gasteiger partial charge in [-0.25, -0.2) is 14.8 Å². The summed E-state index contributed by atoms with van der Waals surface area (Å²) in [6.07, 6.45) is 1.33. The van der Waals surface area contributed by atoms with Crippen LogP contribution in [0.3, 0.4) is 0 Å². The van der Waals surface area contributed by atoms with Crippen LogP contribution in [0.4, 0.5) is 10.3 Å². The Hall–Kier alpha value is -2.98. The summed E-state index contributed by atoms with van der Waals surface area (Å²) in [5.74, 6) is -1.22. The van der Waals surface area contributed by atoms with Gasteiger partial charge in [0.15, 0.2) is 15.9 Å². The van der Waals surface area contributed by atoms with E-state index in [0.29, 0.717) is 10.3 Å². The smallest absolute Gasteiger partial charge is 0.341 e. The third-order valence-electron chi connectivity index (χ3n) is 5.04. The molecule has 1 aliphatic rings. The number of pyridine rings is 1. The molecular weight excluding hydrogens is 410 g/mol. The van der Waals surface area contributed by atoms with Gasteiger partial charge in [0, 0.05) is 39.4 Å². The lowest BCUT2D eigenvalue weighted by atomic mass is 10.2. The van der Waals surface area contributed by atoms with Crippen molar-refractivity contribution in [2.45, 2.75) is 0 Å². The molecule has 0 atom stereocenters. The van der Waals surface area contributed by atoms with Crippen molar-refractivity contribution < 1.29 is 9.90 Å². The summed E-state index contributed by atoms with van der Waals surface area (Å²) < 4.78 is 3.18. The molecule has 1 fully saturated rings. The van der Waals surface area contributed by atoms with Gasteiger partial charge in [-0.3, -0.25) is 4.79 Å². The van der Waals surface area contributed by atoms with Crippen molar-refractivity contribution in [1.29, 1.82) is 0 Å². The fraction of sp³-hybridized carbons (Fsp3) is 0.263. The number of para-hydroxylation sites is 1. The molecule has 1 aliphatic heterocycles. The monoisotopic (exact) mass is 427 g/mol. The van der Waals surface area contributed by atoms with Gasteiger partial charge in [-0.15, -0.1) is 0 Å². The second kappa shape index (κ2) is 6.82. The van der Waals surface area contributed by atoms with Crippen LogP contribution in [0.2, 0.25) is 0 Å². The van der Waals surface area contributed by atoms with E-state index in [1.165, 1.54) is 22.2 Å². The number of hydrogen-bond acceptors (Lipinski definition) is 8. The molecular formula is C19H17N5O3S2. The van der Waals surface area contributed by atoms with Gasteiger partial charge in [-0.2, -0.15) is 0 Å². The normalized spacial score (nSPS) is 14.8.